The molecular formula is C28H36N2O6S2. The Kier molecular flexibility index (Phi) is 11.7. The molecule has 2 rings (SSSR count). The van der Waals surface area contributed by atoms with Gasteiger partial charge in [0.25, 0.3) is 11.8 Å². The lowest BCUT2D eigenvalue weighted by Gasteiger charge is -2.19. The Labute approximate surface area is 231 Å². The minimum atomic E-state index is -1.09. The van der Waals surface area contributed by atoms with Gasteiger partial charge >= 0.3 is 11.9 Å². The third-order valence-electron chi connectivity index (χ3n) is 5.61. The zero-order valence-electron chi connectivity index (χ0n) is 22.5. The highest BCUT2D eigenvalue weighted by Gasteiger charge is 2.25. The summed E-state index contributed by atoms with van der Waals surface area (Å²) in [6, 6.07) is 8.56. The first-order valence-electron chi connectivity index (χ1n) is 12.4. The van der Waals surface area contributed by atoms with Crippen molar-refractivity contribution in [2.75, 3.05) is 0 Å². The molecule has 2 aromatic carbocycles. The van der Waals surface area contributed by atoms with Crippen LogP contribution in [-0.4, -0.2) is 46.0 Å². The molecule has 0 saturated carbocycles. The Morgan fingerprint density at radius 3 is 1.32 bits per heavy atom. The van der Waals surface area contributed by atoms with Crippen LogP contribution in [0.5, 0.6) is 0 Å². The quantitative estimate of drug-likeness (QED) is 0.234. The summed E-state index contributed by atoms with van der Waals surface area (Å²) in [4.78, 5) is 50.7. The number of carboxylic acid groups (broad SMARTS) is 2. The molecule has 0 aliphatic carbocycles. The largest absolute Gasteiger partial charge is 0.480 e. The molecule has 0 aliphatic heterocycles. The maximum absolute atomic E-state index is 13.1. The summed E-state index contributed by atoms with van der Waals surface area (Å²) in [5.74, 6) is -2.97. The molecule has 0 spiro atoms. The molecule has 10 heteroatoms. The average Bonchev–Trinajstić information content (AvgIpc) is 2.81. The number of benzene rings is 2. The molecule has 0 aliphatic rings. The van der Waals surface area contributed by atoms with Crippen molar-refractivity contribution in [3.05, 3.63) is 58.7 Å². The fraction of sp³-hybridized carbons (Fsp3) is 0.429. The standard InChI is InChI=1S/C28H36N2O6S2/c1-15(2)11-21(27(33)34)29-25(31)19-9-7-17(5)13-23(19)37-38-24-14-18(6)8-10-20(24)26(32)30-22(28(35)36)12-16(3)4/h7-10,13-16,21-22H,11-12H2,1-6H3,(H,29,31)(H,30,32)(H,33,34)(H,35,36). The van der Waals surface area contributed by atoms with E-state index < -0.39 is 35.8 Å². The molecule has 0 radical (unpaired) electrons. The summed E-state index contributed by atoms with van der Waals surface area (Å²) < 4.78 is 0. The molecule has 4 N–H and O–H groups in total. The minimum Gasteiger partial charge on any atom is -0.480 e. The zero-order chi connectivity index (χ0) is 28.6. The topological polar surface area (TPSA) is 133 Å². The first-order valence-corrected chi connectivity index (χ1v) is 14.6. The SMILES string of the molecule is Cc1ccc(C(=O)NC(CC(C)C)C(=O)O)c(SSc2cc(C)ccc2C(=O)NC(CC(C)C)C(=O)O)c1. The molecule has 0 bridgehead atoms. The molecule has 2 atom stereocenters. The molecule has 206 valence electrons. The van der Waals surface area contributed by atoms with E-state index in [4.69, 9.17) is 0 Å². The van der Waals surface area contributed by atoms with E-state index in [1.165, 1.54) is 21.6 Å². The van der Waals surface area contributed by atoms with Crippen LogP contribution in [0.4, 0.5) is 0 Å². The number of carbonyl (C=O) groups excluding carboxylic acids is 2. The Hall–Kier alpha value is -2.98. The second-order valence-electron chi connectivity index (χ2n) is 10.2. The van der Waals surface area contributed by atoms with Crippen LogP contribution in [0.15, 0.2) is 46.2 Å². The Morgan fingerprint density at radius 1 is 0.684 bits per heavy atom. The molecule has 2 amide bonds. The van der Waals surface area contributed by atoms with E-state index in [-0.39, 0.29) is 11.8 Å². The van der Waals surface area contributed by atoms with Crippen molar-refractivity contribution < 1.29 is 29.4 Å². The van der Waals surface area contributed by atoms with Crippen molar-refractivity contribution in [2.45, 2.75) is 76.3 Å². The van der Waals surface area contributed by atoms with E-state index in [0.29, 0.717) is 33.8 Å². The van der Waals surface area contributed by atoms with Gasteiger partial charge in [0.2, 0.25) is 0 Å². The lowest BCUT2D eigenvalue weighted by molar-refractivity contribution is -0.140. The van der Waals surface area contributed by atoms with Crippen molar-refractivity contribution in [2.24, 2.45) is 11.8 Å². The van der Waals surface area contributed by atoms with Crippen molar-refractivity contribution in [3.8, 4) is 0 Å². The molecule has 38 heavy (non-hydrogen) atoms. The van der Waals surface area contributed by atoms with Crippen molar-refractivity contribution >= 4 is 45.3 Å². The van der Waals surface area contributed by atoms with Crippen LogP contribution in [0.1, 0.15) is 72.4 Å². The van der Waals surface area contributed by atoms with Gasteiger partial charge in [0.1, 0.15) is 12.1 Å². The Balaban J connectivity index is 2.30. The van der Waals surface area contributed by atoms with E-state index in [9.17, 15) is 29.4 Å². The van der Waals surface area contributed by atoms with Crippen molar-refractivity contribution in [1.82, 2.24) is 10.6 Å². The third kappa shape index (κ3) is 9.40. The first-order chi connectivity index (χ1) is 17.8. The number of aryl methyl sites for hydroxylation is 2. The molecule has 0 aromatic heterocycles. The highest BCUT2D eigenvalue weighted by atomic mass is 33.1. The highest BCUT2D eigenvalue weighted by molar-refractivity contribution is 8.76. The van der Waals surface area contributed by atoms with E-state index in [0.717, 1.165) is 11.1 Å². The third-order valence-corrected chi connectivity index (χ3v) is 8.05. The number of hydrogen-bond acceptors (Lipinski definition) is 6. The van der Waals surface area contributed by atoms with Gasteiger partial charge in [-0.2, -0.15) is 0 Å². The number of carbonyl (C=O) groups is 4. The maximum atomic E-state index is 13.1. The van der Waals surface area contributed by atoms with Gasteiger partial charge < -0.3 is 20.8 Å². The zero-order valence-corrected chi connectivity index (χ0v) is 24.2. The van der Waals surface area contributed by atoms with Crippen LogP contribution < -0.4 is 10.6 Å². The molecule has 0 saturated heterocycles. The van der Waals surface area contributed by atoms with Crippen molar-refractivity contribution in [3.63, 3.8) is 0 Å². The van der Waals surface area contributed by atoms with Crippen LogP contribution in [-0.2, 0) is 9.59 Å². The van der Waals surface area contributed by atoms with Gasteiger partial charge in [-0.25, -0.2) is 9.59 Å². The first kappa shape index (κ1) is 31.2. The fourth-order valence-electron chi connectivity index (χ4n) is 3.72. The van der Waals surface area contributed by atoms with Crippen LogP contribution in [0.2, 0.25) is 0 Å². The molecular weight excluding hydrogens is 524 g/mol. The van der Waals surface area contributed by atoms with Gasteiger partial charge in [-0.3, -0.25) is 9.59 Å². The summed E-state index contributed by atoms with van der Waals surface area (Å²) in [5.41, 5.74) is 2.51. The summed E-state index contributed by atoms with van der Waals surface area (Å²) >= 11 is 0. The second-order valence-corrected chi connectivity index (χ2v) is 12.4. The van der Waals surface area contributed by atoms with Crippen LogP contribution in [0.3, 0.4) is 0 Å². The number of amides is 2. The molecule has 2 unspecified atom stereocenters. The minimum absolute atomic E-state index is 0.0889. The van der Waals surface area contributed by atoms with Gasteiger partial charge in [-0.05, 0) is 73.9 Å². The van der Waals surface area contributed by atoms with E-state index >= 15 is 0 Å². The van der Waals surface area contributed by atoms with Gasteiger partial charge in [0, 0.05) is 9.79 Å². The monoisotopic (exact) mass is 560 g/mol. The Bertz CT molecular complexity index is 1090. The van der Waals surface area contributed by atoms with E-state index in [1.54, 1.807) is 24.3 Å². The summed E-state index contributed by atoms with van der Waals surface area (Å²) in [6.07, 6.45) is 0.611. The van der Waals surface area contributed by atoms with E-state index in [2.05, 4.69) is 10.6 Å². The molecule has 0 fully saturated rings. The predicted octanol–water partition coefficient (Wildman–Crippen LogP) is 5.56. The number of rotatable bonds is 13. The molecule has 8 nitrogen and oxygen atoms in total. The number of hydrogen-bond donors (Lipinski definition) is 4. The second kappa shape index (κ2) is 14.2. The number of nitrogens with one attached hydrogen (secondary N) is 2. The van der Waals surface area contributed by atoms with Gasteiger partial charge in [-0.15, -0.1) is 0 Å². The average molecular weight is 561 g/mol. The summed E-state index contributed by atoms with van der Waals surface area (Å²) in [6.45, 7) is 11.3. The van der Waals surface area contributed by atoms with Gasteiger partial charge in [0.05, 0.1) is 11.1 Å². The van der Waals surface area contributed by atoms with Crippen LogP contribution >= 0.6 is 21.6 Å². The predicted molar refractivity (Wildman–Crippen MR) is 151 cm³/mol. The highest BCUT2D eigenvalue weighted by Crippen LogP contribution is 2.41. The van der Waals surface area contributed by atoms with Gasteiger partial charge in [0.15, 0.2) is 0 Å². The summed E-state index contributed by atoms with van der Waals surface area (Å²) in [7, 11) is 2.56. The number of carboxylic acids is 2. The number of aliphatic carboxylic acids is 2. The smallest absolute Gasteiger partial charge is 0.326 e. The lowest BCUT2D eigenvalue weighted by atomic mass is 10.0. The normalized spacial score (nSPS) is 12.7. The van der Waals surface area contributed by atoms with E-state index in [1.807, 2.05) is 53.7 Å². The van der Waals surface area contributed by atoms with Crippen LogP contribution in [0.25, 0.3) is 0 Å². The summed E-state index contributed by atoms with van der Waals surface area (Å²) in [5, 5.41) is 24.3. The maximum Gasteiger partial charge on any atom is 0.326 e. The van der Waals surface area contributed by atoms with Gasteiger partial charge in [-0.1, -0.05) is 61.4 Å². The Morgan fingerprint density at radius 2 is 1.03 bits per heavy atom. The molecule has 0 heterocycles. The fourth-order valence-corrected chi connectivity index (χ4v) is 6.23. The van der Waals surface area contributed by atoms with Crippen LogP contribution in [0, 0.1) is 25.7 Å². The molecule has 2 aromatic rings. The lowest BCUT2D eigenvalue weighted by Crippen LogP contribution is -2.41. The van der Waals surface area contributed by atoms with Crippen molar-refractivity contribution in [1.29, 1.82) is 0 Å².